The monoisotopic (exact) mass is 540 g/mol. The molecule has 2 aromatic carbocycles. The van der Waals surface area contributed by atoms with Crippen LogP contribution in [-0.2, 0) is 4.79 Å². The Labute approximate surface area is 236 Å². The summed E-state index contributed by atoms with van der Waals surface area (Å²) in [7, 11) is 0. The number of ketones is 1. The van der Waals surface area contributed by atoms with Gasteiger partial charge in [-0.25, -0.2) is 0 Å². The summed E-state index contributed by atoms with van der Waals surface area (Å²) in [6, 6.07) is 14.4. The van der Waals surface area contributed by atoms with Crippen LogP contribution in [0.25, 0.3) is 0 Å². The zero-order valence-electron chi connectivity index (χ0n) is 23.5. The van der Waals surface area contributed by atoms with Gasteiger partial charge in [0.15, 0.2) is 5.78 Å². The maximum absolute atomic E-state index is 12.5. The number of rotatable bonds is 22. The summed E-state index contributed by atoms with van der Waals surface area (Å²) in [4.78, 5) is 24.6. The number of carbonyl (C=O) groups is 2. The molecule has 2 aromatic rings. The number of halogens is 1. The fraction of sp³-hybridized carbons (Fsp3) is 0.576. The summed E-state index contributed by atoms with van der Waals surface area (Å²) >= 11 is 6.06. The van der Waals surface area contributed by atoms with E-state index in [2.05, 4.69) is 17.6 Å². The van der Waals surface area contributed by atoms with Crippen LogP contribution in [0.2, 0.25) is 5.02 Å². The predicted octanol–water partition coefficient (Wildman–Crippen LogP) is 10.2. The molecule has 0 heterocycles. The smallest absolute Gasteiger partial charge is 0.232 e. The minimum Gasteiger partial charge on any atom is -0.385 e. The topological polar surface area (TPSA) is 58.2 Å². The van der Waals surface area contributed by atoms with Crippen LogP contribution in [0.15, 0.2) is 48.5 Å². The minimum atomic E-state index is -0.367. The van der Waals surface area contributed by atoms with Gasteiger partial charge in [-0.2, -0.15) is 0 Å². The van der Waals surface area contributed by atoms with Crippen molar-refractivity contribution in [2.24, 2.45) is 0 Å². The van der Waals surface area contributed by atoms with Gasteiger partial charge < -0.3 is 10.6 Å². The van der Waals surface area contributed by atoms with Gasteiger partial charge in [0.25, 0.3) is 0 Å². The van der Waals surface area contributed by atoms with E-state index in [4.69, 9.17) is 11.6 Å². The Bertz CT molecular complexity index is 913. The van der Waals surface area contributed by atoms with Gasteiger partial charge in [-0.3, -0.25) is 9.59 Å². The van der Waals surface area contributed by atoms with E-state index in [1.165, 1.54) is 96.3 Å². The van der Waals surface area contributed by atoms with Crippen LogP contribution in [-0.4, -0.2) is 18.2 Å². The Balaban J connectivity index is 1.44. The van der Waals surface area contributed by atoms with E-state index >= 15 is 0 Å². The Morgan fingerprint density at radius 3 is 1.68 bits per heavy atom. The number of nitrogens with one attached hydrogen (secondary N) is 2. The van der Waals surface area contributed by atoms with Crippen LogP contribution >= 0.6 is 11.6 Å². The predicted molar refractivity (Wildman–Crippen MR) is 164 cm³/mol. The van der Waals surface area contributed by atoms with Gasteiger partial charge in [0.2, 0.25) is 5.91 Å². The minimum absolute atomic E-state index is 0.209. The molecule has 210 valence electrons. The largest absolute Gasteiger partial charge is 0.385 e. The van der Waals surface area contributed by atoms with Crippen LogP contribution in [0.5, 0.6) is 0 Å². The number of para-hydroxylation sites is 1. The van der Waals surface area contributed by atoms with Crippen molar-refractivity contribution in [2.45, 2.75) is 116 Å². The second kappa shape index (κ2) is 20.6. The number of carbonyl (C=O) groups excluding carboxylic acids is 2. The maximum Gasteiger partial charge on any atom is 0.232 e. The third kappa shape index (κ3) is 14.6. The number of Topliss-reactive ketones (excluding diaryl/α,β-unsaturated/α-hetero) is 1. The van der Waals surface area contributed by atoms with Gasteiger partial charge in [0.1, 0.15) is 0 Å². The van der Waals surface area contributed by atoms with E-state index < -0.39 is 0 Å². The molecule has 0 saturated heterocycles. The number of hydrogen-bond acceptors (Lipinski definition) is 3. The van der Waals surface area contributed by atoms with Crippen molar-refractivity contribution in [1.29, 1.82) is 0 Å². The van der Waals surface area contributed by atoms with Crippen molar-refractivity contribution in [2.75, 3.05) is 17.2 Å². The van der Waals surface area contributed by atoms with Crippen LogP contribution in [0, 0.1) is 0 Å². The number of unbranched alkanes of at least 4 members (excludes halogenated alkanes) is 15. The Kier molecular flexibility index (Phi) is 17.3. The molecule has 0 aliphatic rings. The quantitative estimate of drug-likeness (QED) is 0.0886. The van der Waals surface area contributed by atoms with Gasteiger partial charge in [0, 0.05) is 17.8 Å². The molecule has 0 atom stereocenters. The summed E-state index contributed by atoms with van der Waals surface area (Å²) < 4.78 is 0. The molecule has 38 heavy (non-hydrogen) atoms. The van der Waals surface area contributed by atoms with E-state index in [1.54, 1.807) is 36.4 Å². The molecule has 0 saturated carbocycles. The van der Waals surface area contributed by atoms with Crippen molar-refractivity contribution in [1.82, 2.24) is 0 Å². The van der Waals surface area contributed by atoms with Crippen LogP contribution in [0.1, 0.15) is 126 Å². The Morgan fingerprint density at radius 2 is 1.16 bits per heavy atom. The molecule has 1 amide bonds. The lowest BCUT2D eigenvalue weighted by atomic mass is 10.0. The molecular weight excluding hydrogens is 492 g/mol. The highest BCUT2D eigenvalue weighted by Gasteiger charge is 2.13. The molecule has 4 nitrogen and oxygen atoms in total. The molecule has 0 fully saturated rings. The molecule has 0 bridgehead atoms. The van der Waals surface area contributed by atoms with Gasteiger partial charge in [-0.1, -0.05) is 127 Å². The first-order valence-corrected chi connectivity index (χ1v) is 15.4. The Hall–Kier alpha value is -2.33. The summed E-state index contributed by atoms with van der Waals surface area (Å²) in [5.74, 6) is -0.576. The summed E-state index contributed by atoms with van der Waals surface area (Å²) in [6.07, 6.45) is 21.8. The Morgan fingerprint density at radius 1 is 0.658 bits per heavy atom. The lowest BCUT2D eigenvalue weighted by Gasteiger charge is -2.08. The van der Waals surface area contributed by atoms with Crippen LogP contribution < -0.4 is 10.6 Å². The van der Waals surface area contributed by atoms with E-state index in [0.717, 1.165) is 18.7 Å². The number of benzene rings is 2. The maximum atomic E-state index is 12.5. The van der Waals surface area contributed by atoms with Gasteiger partial charge in [0.05, 0.1) is 17.1 Å². The zero-order valence-corrected chi connectivity index (χ0v) is 24.3. The molecule has 5 heteroatoms. The average Bonchev–Trinajstić information content (AvgIpc) is 2.92. The van der Waals surface area contributed by atoms with Gasteiger partial charge in [-0.15, -0.1) is 0 Å². The zero-order chi connectivity index (χ0) is 27.3. The number of hydrogen-bond donors (Lipinski definition) is 2. The lowest BCUT2D eigenvalue weighted by Crippen LogP contribution is -2.16. The fourth-order valence-electron chi connectivity index (χ4n) is 4.68. The number of amides is 1. The van der Waals surface area contributed by atoms with Crippen LogP contribution in [0.3, 0.4) is 0 Å². The first kappa shape index (κ1) is 31.9. The summed E-state index contributed by atoms with van der Waals surface area (Å²) in [5, 5.41) is 6.58. The van der Waals surface area contributed by atoms with Crippen molar-refractivity contribution < 1.29 is 9.59 Å². The SMILES string of the molecule is CCCCCCCCCCCCCCCCCCNc1ccc(C(=O)CC(=O)Nc2ccccc2Cl)cc1. The lowest BCUT2D eigenvalue weighted by molar-refractivity contribution is -0.115. The van der Waals surface area contributed by atoms with Crippen molar-refractivity contribution in [3.63, 3.8) is 0 Å². The second-order valence-corrected chi connectivity index (χ2v) is 10.8. The van der Waals surface area contributed by atoms with E-state index in [0.29, 0.717) is 16.3 Å². The van der Waals surface area contributed by atoms with Crippen molar-refractivity contribution in [3.05, 3.63) is 59.1 Å². The molecule has 0 aliphatic heterocycles. The third-order valence-corrected chi connectivity index (χ3v) is 7.36. The molecular formula is C33H49ClN2O2. The molecule has 0 aromatic heterocycles. The highest BCUT2D eigenvalue weighted by atomic mass is 35.5. The first-order valence-electron chi connectivity index (χ1n) is 15.0. The molecule has 2 N–H and O–H groups in total. The summed E-state index contributed by atoms with van der Waals surface area (Å²) in [6.45, 7) is 3.22. The van der Waals surface area contributed by atoms with Crippen molar-refractivity contribution >= 4 is 34.7 Å². The fourth-order valence-corrected chi connectivity index (χ4v) is 4.87. The van der Waals surface area contributed by atoms with E-state index in [-0.39, 0.29) is 18.1 Å². The summed E-state index contributed by atoms with van der Waals surface area (Å²) in [5.41, 5.74) is 2.05. The molecule has 0 aliphatic carbocycles. The molecule has 0 unspecified atom stereocenters. The normalized spacial score (nSPS) is 10.9. The van der Waals surface area contributed by atoms with Gasteiger partial charge >= 0.3 is 0 Å². The third-order valence-electron chi connectivity index (χ3n) is 7.04. The number of anilines is 2. The van der Waals surface area contributed by atoms with E-state index in [9.17, 15) is 9.59 Å². The molecule has 2 rings (SSSR count). The molecule has 0 radical (unpaired) electrons. The first-order chi connectivity index (χ1) is 18.6. The highest BCUT2D eigenvalue weighted by molar-refractivity contribution is 6.33. The standard InChI is InChI=1S/C33H49ClN2O2/c1-2-3-4-5-6-7-8-9-10-11-12-13-14-15-16-19-26-35-29-24-22-28(23-25-29)32(37)27-33(38)36-31-21-18-17-20-30(31)34/h17-18,20-25,35H,2-16,19,26-27H2,1H3,(H,36,38). The van der Waals surface area contributed by atoms with Crippen molar-refractivity contribution in [3.8, 4) is 0 Å². The molecule has 0 spiro atoms. The van der Waals surface area contributed by atoms with Gasteiger partial charge in [-0.05, 0) is 42.8 Å². The second-order valence-electron chi connectivity index (χ2n) is 10.4. The highest BCUT2D eigenvalue weighted by Crippen LogP contribution is 2.21. The van der Waals surface area contributed by atoms with Crippen LogP contribution in [0.4, 0.5) is 11.4 Å². The van der Waals surface area contributed by atoms with E-state index in [1.807, 2.05) is 12.1 Å². The average molecular weight is 541 g/mol.